The largest absolute Gasteiger partial charge is 0.504 e. The lowest BCUT2D eigenvalue weighted by Gasteiger charge is -2.08. The summed E-state index contributed by atoms with van der Waals surface area (Å²) in [5.74, 6) is -1.74. The predicted octanol–water partition coefficient (Wildman–Crippen LogP) is 0.0522. The summed E-state index contributed by atoms with van der Waals surface area (Å²) >= 11 is 0. The number of carboxylic acids is 1. The van der Waals surface area contributed by atoms with Crippen molar-refractivity contribution in [1.29, 1.82) is 0 Å². The van der Waals surface area contributed by atoms with Gasteiger partial charge in [-0.1, -0.05) is 12.1 Å². The molecule has 0 bridgehead atoms. The van der Waals surface area contributed by atoms with Crippen molar-refractivity contribution in [3.63, 3.8) is 0 Å². The average Bonchev–Trinajstić information content (AvgIpc) is 2.12. The predicted molar refractivity (Wildman–Crippen MR) is 49.1 cm³/mol. The third-order valence-corrected chi connectivity index (χ3v) is 1.86. The molecule has 76 valence electrons. The Kier molecular flexibility index (Phi) is 2.93. The second kappa shape index (κ2) is 3.97. The summed E-state index contributed by atoms with van der Waals surface area (Å²) < 4.78 is 0. The van der Waals surface area contributed by atoms with Crippen LogP contribution < -0.4 is 5.73 Å². The minimum absolute atomic E-state index is 0.0183. The SMILES string of the molecule is N[C@H](Cc1cccc(O)c1O)C(=O)O. The fourth-order valence-corrected chi connectivity index (χ4v) is 1.07. The van der Waals surface area contributed by atoms with Crippen molar-refractivity contribution in [2.75, 3.05) is 0 Å². The number of hydrogen-bond donors (Lipinski definition) is 4. The maximum Gasteiger partial charge on any atom is 0.320 e. The van der Waals surface area contributed by atoms with Crippen molar-refractivity contribution >= 4 is 5.97 Å². The number of benzene rings is 1. The standard InChI is InChI=1S/C9H11NO4/c10-6(9(13)14)4-5-2-1-3-7(11)8(5)12/h1-3,6,11-12H,4,10H2,(H,13,14)/t6-/m1/s1. The van der Waals surface area contributed by atoms with Gasteiger partial charge in [-0.3, -0.25) is 4.79 Å². The van der Waals surface area contributed by atoms with E-state index in [1.54, 1.807) is 0 Å². The van der Waals surface area contributed by atoms with Crippen molar-refractivity contribution in [3.8, 4) is 11.5 Å². The van der Waals surface area contributed by atoms with Crippen LogP contribution in [0.3, 0.4) is 0 Å². The Morgan fingerprint density at radius 1 is 1.43 bits per heavy atom. The van der Waals surface area contributed by atoms with E-state index in [1.165, 1.54) is 18.2 Å². The van der Waals surface area contributed by atoms with Gasteiger partial charge in [0.2, 0.25) is 0 Å². The molecule has 0 saturated carbocycles. The molecule has 5 N–H and O–H groups in total. The molecule has 0 aliphatic heterocycles. The van der Waals surface area contributed by atoms with Crippen molar-refractivity contribution in [1.82, 2.24) is 0 Å². The average molecular weight is 197 g/mol. The highest BCUT2D eigenvalue weighted by molar-refractivity contribution is 5.73. The van der Waals surface area contributed by atoms with Crippen LogP contribution in [-0.4, -0.2) is 27.3 Å². The van der Waals surface area contributed by atoms with Gasteiger partial charge >= 0.3 is 5.97 Å². The van der Waals surface area contributed by atoms with Crippen molar-refractivity contribution in [3.05, 3.63) is 23.8 Å². The smallest absolute Gasteiger partial charge is 0.320 e. The van der Waals surface area contributed by atoms with Gasteiger partial charge in [-0.2, -0.15) is 0 Å². The van der Waals surface area contributed by atoms with Gasteiger partial charge < -0.3 is 21.1 Å². The summed E-state index contributed by atoms with van der Waals surface area (Å²) in [6.45, 7) is 0. The first-order valence-electron chi connectivity index (χ1n) is 4.00. The zero-order valence-electron chi connectivity index (χ0n) is 7.34. The van der Waals surface area contributed by atoms with Gasteiger partial charge in [0.15, 0.2) is 11.5 Å². The molecule has 0 spiro atoms. The highest BCUT2D eigenvalue weighted by atomic mass is 16.4. The molecular weight excluding hydrogens is 186 g/mol. The number of para-hydroxylation sites is 1. The third-order valence-electron chi connectivity index (χ3n) is 1.86. The van der Waals surface area contributed by atoms with E-state index < -0.39 is 12.0 Å². The highest BCUT2D eigenvalue weighted by Crippen LogP contribution is 2.28. The van der Waals surface area contributed by atoms with Crippen LogP contribution in [0.1, 0.15) is 5.56 Å². The Hall–Kier alpha value is -1.75. The summed E-state index contributed by atoms with van der Waals surface area (Å²) in [6.07, 6.45) is -0.0183. The van der Waals surface area contributed by atoms with E-state index in [2.05, 4.69) is 0 Å². The van der Waals surface area contributed by atoms with E-state index in [9.17, 15) is 9.90 Å². The third kappa shape index (κ3) is 2.14. The zero-order chi connectivity index (χ0) is 10.7. The molecule has 0 unspecified atom stereocenters. The van der Waals surface area contributed by atoms with Crippen LogP contribution in [-0.2, 0) is 11.2 Å². The Morgan fingerprint density at radius 3 is 2.64 bits per heavy atom. The van der Waals surface area contributed by atoms with Gasteiger partial charge in [-0.05, 0) is 11.6 Å². The van der Waals surface area contributed by atoms with Crippen LogP contribution >= 0.6 is 0 Å². The molecule has 0 aliphatic carbocycles. The van der Waals surface area contributed by atoms with E-state index in [0.717, 1.165) is 0 Å². The molecule has 0 fully saturated rings. The second-order valence-electron chi connectivity index (χ2n) is 2.93. The lowest BCUT2D eigenvalue weighted by Crippen LogP contribution is -2.32. The number of carbonyl (C=O) groups is 1. The molecule has 0 heterocycles. The summed E-state index contributed by atoms with van der Waals surface area (Å²) in [5.41, 5.74) is 5.59. The topological polar surface area (TPSA) is 104 Å². The molecule has 1 aromatic carbocycles. The monoisotopic (exact) mass is 197 g/mol. The lowest BCUT2D eigenvalue weighted by atomic mass is 10.1. The maximum absolute atomic E-state index is 10.4. The molecule has 1 rings (SSSR count). The molecule has 5 heteroatoms. The Morgan fingerprint density at radius 2 is 2.07 bits per heavy atom. The van der Waals surface area contributed by atoms with Crippen molar-refractivity contribution in [2.24, 2.45) is 5.73 Å². The number of hydrogen-bond acceptors (Lipinski definition) is 4. The van der Waals surface area contributed by atoms with E-state index in [1.807, 2.05) is 0 Å². The number of nitrogens with two attached hydrogens (primary N) is 1. The van der Waals surface area contributed by atoms with E-state index in [-0.39, 0.29) is 17.9 Å². The summed E-state index contributed by atoms with van der Waals surface area (Å²) in [6, 6.07) is 3.25. The van der Waals surface area contributed by atoms with Crippen molar-refractivity contribution in [2.45, 2.75) is 12.5 Å². The normalized spacial score (nSPS) is 12.4. The number of phenols is 2. The molecule has 0 aliphatic rings. The van der Waals surface area contributed by atoms with Crippen LogP contribution in [0, 0.1) is 0 Å². The molecule has 1 aromatic rings. The molecule has 0 saturated heterocycles. The first-order valence-corrected chi connectivity index (χ1v) is 4.00. The first-order chi connectivity index (χ1) is 6.52. The van der Waals surface area contributed by atoms with Crippen LogP contribution in [0.4, 0.5) is 0 Å². The first kappa shape index (κ1) is 10.3. The van der Waals surface area contributed by atoms with Gasteiger partial charge in [-0.15, -0.1) is 0 Å². The van der Waals surface area contributed by atoms with Crippen molar-refractivity contribution < 1.29 is 20.1 Å². The van der Waals surface area contributed by atoms with Gasteiger partial charge in [-0.25, -0.2) is 0 Å². The quantitative estimate of drug-likeness (QED) is 0.513. The molecule has 5 nitrogen and oxygen atoms in total. The maximum atomic E-state index is 10.4. The zero-order valence-corrected chi connectivity index (χ0v) is 7.34. The number of carboxylic acid groups (broad SMARTS) is 1. The summed E-state index contributed by atoms with van der Waals surface area (Å²) in [4.78, 5) is 10.4. The number of aliphatic carboxylic acids is 1. The molecule has 1 atom stereocenters. The number of aromatic hydroxyl groups is 2. The molecule has 0 amide bonds. The Labute approximate surface area is 80.4 Å². The molecule has 14 heavy (non-hydrogen) atoms. The fraction of sp³-hybridized carbons (Fsp3) is 0.222. The summed E-state index contributed by atoms with van der Waals surface area (Å²) in [7, 11) is 0. The Bertz CT molecular complexity index is 351. The van der Waals surface area contributed by atoms with Crippen LogP contribution in [0.5, 0.6) is 11.5 Å². The fourth-order valence-electron chi connectivity index (χ4n) is 1.07. The minimum Gasteiger partial charge on any atom is -0.504 e. The Balaban J connectivity index is 2.87. The lowest BCUT2D eigenvalue weighted by molar-refractivity contribution is -0.138. The minimum atomic E-state index is -1.15. The van der Waals surface area contributed by atoms with Crippen LogP contribution in [0.15, 0.2) is 18.2 Å². The van der Waals surface area contributed by atoms with E-state index in [0.29, 0.717) is 5.56 Å². The number of phenolic OH excluding ortho intramolecular Hbond substituents is 2. The van der Waals surface area contributed by atoms with Crippen LogP contribution in [0.2, 0.25) is 0 Å². The molecule has 0 aromatic heterocycles. The molecule has 0 radical (unpaired) electrons. The van der Waals surface area contributed by atoms with Gasteiger partial charge in [0.25, 0.3) is 0 Å². The van der Waals surface area contributed by atoms with Gasteiger partial charge in [0.1, 0.15) is 6.04 Å². The van der Waals surface area contributed by atoms with E-state index in [4.69, 9.17) is 15.9 Å². The van der Waals surface area contributed by atoms with Gasteiger partial charge in [0, 0.05) is 6.42 Å². The van der Waals surface area contributed by atoms with Crippen LogP contribution in [0.25, 0.3) is 0 Å². The molecular formula is C9H11NO4. The summed E-state index contributed by atoms with van der Waals surface area (Å²) in [5, 5.41) is 27.0. The number of rotatable bonds is 3. The van der Waals surface area contributed by atoms with E-state index >= 15 is 0 Å². The second-order valence-corrected chi connectivity index (χ2v) is 2.93. The highest BCUT2D eigenvalue weighted by Gasteiger charge is 2.15. The van der Waals surface area contributed by atoms with Gasteiger partial charge in [0.05, 0.1) is 0 Å².